The van der Waals surface area contributed by atoms with Crippen LogP contribution in [-0.4, -0.2) is 26.4 Å². The number of aliphatic hydroxyl groups is 1. The van der Waals surface area contributed by atoms with Crippen LogP contribution in [0.1, 0.15) is 36.8 Å². The van der Waals surface area contributed by atoms with Gasteiger partial charge in [-0.25, -0.2) is 4.98 Å². The summed E-state index contributed by atoms with van der Waals surface area (Å²) in [6.07, 6.45) is 2.80. The van der Waals surface area contributed by atoms with Crippen molar-refractivity contribution in [2.24, 2.45) is 5.92 Å². The number of aliphatic hydroxyl groups excluding tert-OH is 1. The Morgan fingerprint density at radius 3 is 2.88 bits per heavy atom. The first-order chi connectivity index (χ1) is 12.7. The lowest BCUT2D eigenvalue weighted by Gasteiger charge is -2.21. The Hall–Kier alpha value is -2.11. The fourth-order valence-electron chi connectivity index (χ4n) is 3.75. The Bertz CT molecular complexity index is 966. The monoisotopic (exact) mass is 368 g/mol. The van der Waals surface area contributed by atoms with Gasteiger partial charge in [-0.1, -0.05) is 23.7 Å². The number of fused-ring (bicyclic) bond motifs is 2. The van der Waals surface area contributed by atoms with Crippen molar-refractivity contribution in [2.75, 3.05) is 11.4 Å². The highest BCUT2D eigenvalue weighted by atomic mass is 35.5. The number of rotatable bonds is 3. The van der Waals surface area contributed by atoms with Gasteiger partial charge in [0.2, 0.25) is 0 Å². The number of aryl methyl sites for hydroxylation is 1. The lowest BCUT2D eigenvalue weighted by atomic mass is 10.1. The number of nitrogens with zero attached hydrogens (tertiary/aromatic N) is 4. The molecule has 1 fully saturated rings. The predicted molar refractivity (Wildman–Crippen MR) is 102 cm³/mol. The van der Waals surface area contributed by atoms with Crippen molar-refractivity contribution in [1.29, 1.82) is 0 Å². The maximum atomic E-state index is 10.4. The molecule has 2 aliphatic rings. The van der Waals surface area contributed by atoms with Crippen LogP contribution in [0.3, 0.4) is 0 Å². The van der Waals surface area contributed by atoms with E-state index in [1.807, 2.05) is 18.2 Å². The molecule has 5 rings (SSSR count). The van der Waals surface area contributed by atoms with E-state index in [0.29, 0.717) is 10.9 Å². The lowest BCUT2D eigenvalue weighted by Crippen LogP contribution is -2.23. The first kappa shape index (κ1) is 16.1. The molecule has 134 valence electrons. The minimum atomic E-state index is -0.416. The number of aromatic nitrogens is 3. The molecule has 2 aromatic heterocycles. The van der Waals surface area contributed by atoms with Crippen molar-refractivity contribution >= 4 is 28.3 Å². The first-order valence-corrected chi connectivity index (χ1v) is 9.62. The molecule has 3 heterocycles. The molecule has 1 N–H and O–H groups in total. The summed E-state index contributed by atoms with van der Waals surface area (Å²) in [6.45, 7) is 2.54. The van der Waals surface area contributed by atoms with Crippen LogP contribution in [0, 0.1) is 5.92 Å². The number of hydrogen-bond donors (Lipinski definition) is 1. The highest BCUT2D eigenvalue weighted by molar-refractivity contribution is 6.35. The summed E-state index contributed by atoms with van der Waals surface area (Å²) in [5.41, 5.74) is 2.80. The Morgan fingerprint density at radius 1 is 1.15 bits per heavy atom. The van der Waals surface area contributed by atoms with Gasteiger partial charge in [-0.15, -0.1) is 0 Å². The molecule has 0 spiro atoms. The number of pyridine rings is 1. The van der Waals surface area contributed by atoms with Gasteiger partial charge >= 0.3 is 0 Å². The molecule has 0 amide bonds. The zero-order valence-corrected chi connectivity index (χ0v) is 15.2. The smallest absolute Gasteiger partial charge is 0.129 e. The molecule has 1 atom stereocenters. The Kier molecular flexibility index (Phi) is 3.87. The van der Waals surface area contributed by atoms with Crippen molar-refractivity contribution < 1.29 is 5.11 Å². The number of benzene rings is 1. The van der Waals surface area contributed by atoms with E-state index in [9.17, 15) is 5.11 Å². The zero-order valence-electron chi connectivity index (χ0n) is 14.5. The molecule has 1 aliphatic heterocycles. The number of para-hydroxylation sites is 1. The topological polar surface area (TPSA) is 54.2 Å². The van der Waals surface area contributed by atoms with Crippen LogP contribution in [0.2, 0.25) is 5.02 Å². The minimum Gasteiger partial charge on any atom is -0.386 e. The molecule has 1 aromatic carbocycles. The summed E-state index contributed by atoms with van der Waals surface area (Å²) in [4.78, 5) is 7.08. The summed E-state index contributed by atoms with van der Waals surface area (Å²) in [7, 11) is 0. The molecule has 1 aliphatic carbocycles. The van der Waals surface area contributed by atoms with E-state index >= 15 is 0 Å². The average molecular weight is 369 g/mol. The van der Waals surface area contributed by atoms with Crippen LogP contribution in [0.15, 0.2) is 36.4 Å². The van der Waals surface area contributed by atoms with Gasteiger partial charge in [-0.05, 0) is 49.4 Å². The summed E-state index contributed by atoms with van der Waals surface area (Å²) in [5.74, 6) is 1.33. The standard InChI is InChI=1S/C20H21ClN4O/c21-16-4-1-3-13-7-8-18(22-19(13)16)24-9-2-10-25-15(12-24)11-17(23-25)20(26)14-5-6-14/h1,3-4,7-8,11,14,20,26H,2,5-6,9-10,12H2/t20-/m1/s1. The molecular weight excluding hydrogens is 348 g/mol. The third kappa shape index (κ3) is 2.85. The number of halogens is 1. The fraction of sp³-hybridized carbons (Fsp3) is 0.400. The van der Waals surface area contributed by atoms with E-state index in [0.717, 1.165) is 67.0 Å². The SMILES string of the molecule is O[C@@H](c1cc2n(n1)CCCN(c1ccc3cccc(Cl)c3n1)C2)C1CC1. The summed E-state index contributed by atoms with van der Waals surface area (Å²) < 4.78 is 2.05. The number of anilines is 1. The molecule has 26 heavy (non-hydrogen) atoms. The molecule has 0 unspecified atom stereocenters. The van der Waals surface area contributed by atoms with Gasteiger partial charge in [-0.2, -0.15) is 5.10 Å². The second-order valence-electron chi connectivity index (χ2n) is 7.32. The van der Waals surface area contributed by atoms with E-state index in [1.54, 1.807) is 0 Å². The Balaban J connectivity index is 1.46. The average Bonchev–Trinajstić information content (AvgIpc) is 3.45. The molecule has 0 bridgehead atoms. The van der Waals surface area contributed by atoms with Crippen LogP contribution < -0.4 is 4.90 Å². The summed E-state index contributed by atoms with van der Waals surface area (Å²) >= 11 is 6.33. The van der Waals surface area contributed by atoms with Gasteiger partial charge < -0.3 is 10.0 Å². The largest absolute Gasteiger partial charge is 0.386 e. The van der Waals surface area contributed by atoms with Crippen molar-refractivity contribution in [1.82, 2.24) is 14.8 Å². The molecule has 6 heteroatoms. The van der Waals surface area contributed by atoms with Crippen molar-refractivity contribution in [3.8, 4) is 0 Å². The summed E-state index contributed by atoms with van der Waals surface area (Å²) in [6, 6.07) is 12.1. The normalized spacial score (nSPS) is 18.6. The second kappa shape index (κ2) is 6.25. The first-order valence-electron chi connectivity index (χ1n) is 9.24. The molecule has 0 saturated heterocycles. The Morgan fingerprint density at radius 2 is 2.04 bits per heavy atom. The number of hydrogen-bond acceptors (Lipinski definition) is 4. The van der Waals surface area contributed by atoms with E-state index in [4.69, 9.17) is 16.6 Å². The van der Waals surface area contributed by atoms with E-state index in [1.165, 1.54) is 0 Å². The van der Waals surface area contributed by atoms with Gasteiger partial charge in [0.25, 0.3) is 0 Å². The summed E-state index contributed by atoms with van der Waals surface area (Å²) in [5, 5.41) is 16.8. The third-order valence-electron chi connectivity index (χ3n) is 5.38. The molecular formula is C20H21ClN4O. The molecule has 3 aromatic rings. The quantitative estimate of drug-likeness (QED) is 0.760. The van der Waals surface area contributed by atoms with Crippen LogP contribution in [0.5, 0.6) is 0 Å². The van der Waals surface area contributed by atoms with Crippen LogP contribution >= 0.6 is 11.6 Å². The van der Waals surface area contributed by atoms with Crippen LogP contribution in [0.4, 0.5) is 5.82 Å². The highest BCUT2D eigenvalue weighted by Gasteiger charge is 2.33. The lowest BCUT2D eigenvalue weighted by molar-refractivity contribution is 0.148. The minimum absolute atomic E-state index is 0.398. The highest BCUT2D eigenvalue weighted by Crippen LogP contribution is 2.40. The molecule has 1 saturated carbocycles. The van der Waals surface area contributed by atoms with E-state index in [2.05, 4.69) is 32.9 Å². The molecule has 5 nitrogen and oxygen atoms in total. The fourth-order valence-corrected chi connectivity index (χ4v) is 3.98. The Labute approximate surface area is 157 Å². The van der Waals surface area contributed by atoms with Crippen LogP contribution in [-0.2, 0) is 13.1 Å². The van der Waals surface area contributed by atoms with Gasteiger partial charge in [0.05, 0.1) is 28.5 Å². The maximum Gasteiger partial charge on any atom is 0.129 e. The van der Waals surface area contributed by atoms with Crippen molar-refractivity contribution in [3.63, 3.8) is 0 Å². The van der Waals surface area contributed by atoms with Crippen LogP contribution in [0.25, 0.3) is 10.9 Å². The van der Waals surface area contributed by atoms with Crippen molar-refractivity contribution in [3.05, 3.63) is 52.8 Å². The van der Waals surface area contributed by atoms with Gasteiger partial charge in [0.1, 0.15) is 11.9 Å². The predicted octanol–water partition coefficient (Wildman–Crippen LogP) is 3.94. The van der Waals surface area contributed by atoms with Gasteiger partial charge in [0, 0.05) is 18.5 Å². The second-order valence-corrected chi connectivity index (χ2v) is 7.73. The van der Waals surface area contributed by atoms with E-state index < -0.39 is 6.10 Å². The molecule has 0 radical (unpaired) electrons. The van der Waals surface area contributed by atoms with Gasteiger partial charge in [-0.3, -0.25) is 4.68 Å². The van der Waals surface area contributed by atoms with Crippen molar-refractivity contribution in [2.45, 2.75) is 38.5 Å². The maximum absolute atomic E-state index is 10.4. The van der Waals surface area contributed by atoms with Gasteiger partial charge in [0.15, 0.2) is 0 Å². The zero-order chi connectivity index (χ0) is 17.7. The van der Waals surface area contributed by atoms with E-state index in [-0.39, 0.29) is 0 Å². The third-order valence-corrected chi connectivity index (χ3v) is 5.69.